The second kappa shape index (κ2) is 6.57. The van der Waals surface area contributed by atoms with E-state index in [0.29, 0.717) is 34.1 Å². The quantitative estimate of drug-likeness (QED) is 0.905. The van der Waals surface area contributed by atoms with Crippen LogP contribution in [0.25, 0.3) is 0 Å². The summed E-state index contributed by atoms with van der Waals surface area (Å²) in [6.07, 6.45) is 1.30. The second-order valence-corrected chi connectivity index (χ2v) is 6.04. The van der Waals surface area contributed by atoms with Crippen LogP contribution >= 0.6 is 23.2 Å². The summed E-state index contributed by atoms with van der Waals surface area (Å²) in [5.41, 5.74) is 6.92. The van der Waals surface area contributed by atoms with E-state index in [1.165, 1.54) is 0 Å². The molecule has 0 saturated carbocycles. The van der Waals surface area contributed by atoms with Crippen LogP contribution in [-0.4, -0.2) is 10.1 Å². The molecule has 0 aliphatic heterocycles. The van der Waals surface area contributed by atoms with Crippen LogP contribution in [0.2, 0.25) is 10.0 Å². The van der Waals surface area contributed by atoms with Gasteiger partial charge in [0.05, 0.1) is 6.04 Å². The van der Waals surface area contributed by atoms with Crippen LogP contribution in [0.15, 0.2) is 22.7 Å². The third kappa shape index (κ3) is 3.95. The van der Waals surface area contributed by atoms with E-state index in [4.69, 9.17) is 33.5 Å². The Balaban J connectivity index is 2.09. The molecular formula is C14H17Cl2N3O. The first kappa shape index (κ1) is 15.3. The summed E-state index contributed by atoms with van der Waals surface area (Å²) in [5, 5.41) is 5.14. The molecule has 6 heteroatoms. The van der Waals surface area contributed by atoms with Crippen molar-refractivity contribution in [2.24, 2.45) is 11.7 Å². The van der Waals surface area contributed by atoms with Crippen LogP contribution in [0.5, 0.6) is 0 Å². The summed E-state index contributed by atoms with van der Waals surface area (Å²) in [5.74, 6) is 1.52. The van der Waals surface area contributed by atoms with Crippen LogP contribution < -0.4 is 5.73 Å². The van der Waals surface area contributed by atoms with Gasteiger partial charge in [0.1, 0.15) is 0 Å². The predicted octanol–water partition coefficient (Wildman–Crippen LogP) is 4.01. The number of benzene rings is 1. The molecule has 0 amide bonds. The number of halogens is 2. The van der Waals surface area contributed by atoms with Crippen molar-refractivity contribution in [2.75, 3.05) is 0 Å². The number of aromatic nitrogens is 2. The largest absolute Gasteiger partial charge is 0.338 e. The lowest BCUT2D eigenvalue weighted by Gasteiger charge is -2.08. The van der Waals surface area contributed by atoms with E-state index in [-0.39, 0.29) is 6.04 Å². The Morgan fingerprint density at radius 2 is 2.05 bits per heavy atom. The van der Waals surface area contributed by atoms with Gasteiger partial charge in [0.25, 0.3) is 0 Å². The monoisotopic (exact) mass is 313 g/mol. The minimum atomic E-state index is -0.225. The maximum atomic E-state index is 6.12. The lowest BCUT2D eigenvalue weighted by atomic mass is 10.0. The van der Waals surface area contributed by atoms with Gasteiger partial charge in [0.2, 0.25) is 5.89 Å². The van der Waals surface area contributed by atoms with Gasteiger partial charge >= 0.3 is 0 Å². The molecule has 0 spiro atoms. The zero-order chi connectivity index (χ0) is 14.7. The average Bonchev–Trinajstić information content (AvgIpc) is 2.80. The van der Waals surface area contributed by atoms with Gasteiger partial charge < -0.3 is 10.3 Å². The molecule has 0 fully saturated rings. The maximum absolute atomic E-state index is 6.12. The molecule has 108 valence electrons. The second-order valence-electron chi connectivity index (χ2n) is 5.20. The first-order valence-electron chi connectivity index (χ1n) is 6.47. The SMILES string of the molecule is CC(C)C[C@H](N)c1nc(Cc2ccc(Cl)cc2Cl)no1. The number of hydrogen-bond acceptors (Lipinski definition) is 4. The first-order valence-corrected chi connectivity index (χ1v) is 7.23. The molecule has 0 radical (unpaired) electrons. The fourth-order valence-corrected chi connectivity index (χ4v) is 2.41. The van der Waals surface area contributed by atoms with Crippen molar-refractivity contribution in [2.45, 2.75) is 32.7 Å². The van der Waals surface area contributed by atoms with Gasteiger partial charge in [0, 0.05) is 16.5 Å². The number of hydrogen-bond donors (Lipinski definition) is 1. The van der Waals surface area contributed by atoms with Crippen LogP contribution in [-0.2, 0) is 6.42 Å². The molecular weight excluding hydrogens is 297 g/mol. The summed E-state index contributed by atoms with van der Waals surface area (Å²) >= 11 is 12.0. The Morgan fingerprint density at radius 1 is 1.30 bits per heavy atom. The number of nitrogens with two attached hydrogens (primary N) is 1. The fourth-order valence-electron chi connectivity index (χ4n) is 1.93. The van der Waals surface area contributed by atoms with Crippen LogP contribution in [0, 0.1) is 5.92 Å². The highest BCUT2D eigenvalue weighted by Crippen LogP contribution is 2.23. The summed E-state index contributed by atoms with van der Waals surface area (Å²) in [6, 6.07) is 5.12. The van der Waals surface area contributed by atoms with Crippen LogP contribution in [0.1, 0.15) is 43.6 Å². The summed E-state index contributed by atoms with van der Waals surface area (Å²) in [4.78, 5) is 4.33. The Kier molecular flexibility index (Phi) is 5.02. The highest BCUT2D eigenvalue weighted by Gasteiger charge is 2.16. The van der Waals surface area contributed by atoms with Gasteiger partial charge in [-0.25, -0.2) is 0 Å². The van der Waals surface area contributed by atoms with E-state index in [9.17, 15) is 0 Å². The Bertz CT molecular complexity index is 584. The maximum Gasteiger partial charge on any atom is 0.243 e. The van der Waals surface area contributed by atoms with E-state index >= 15 is 0 Å². The molecule has 2 aromatic rings. The van der Waals surface area contributed by atoms with Crippen molar-refractivity contribution < 1.29 is 4.52 Å². The third-order valence-electron chi connectivity index (χ3n) is 2.89. The molecule has 20 heavy (non-hydrogen) atoms. The molecule has 1 aromatic heterocycles. The molecule has 0 unspecified atom stereocenters. The topological polar surface area (TPSA) is 64.9 Å². The van der Waals surface area contributed by atoms with E-state index in [0.717, 1.165) is 12.0 Å². The van der Waals surface area contributed by atoms with Crippen molar-refractivity contribution in [1.82, 2.24) is 10.1 Å². The van der Waals surface area contributed by atoms with Gasteiger partial charge in [-0.15, -0.1) is 0 Å². The normalized spacial score (nSPS) is 12.9. The van der Waals surface area contributed by atoms with E-state index in [1.54, 1.807) is 12.1 Å². The van der Waals surface area contributed by atoms with Gasteiger partial charge in [-0.1, -0.05) is 48.3 Å². The standard InChI is InChI=1S/C14H17Cl2N3O/c1-8(2)5-12(17)14-18-13(19-20-14)6-9-3-4-10(15)7-11(9)16/h3-4,7-8,12H,5-6,17H2,1-2H3/t12-/m0/s1. The molecule has 4 nitrogen and oxygen atoms in total. The minimum absolute atomic E-state index is 0.225. The molecule has 0 aliphatic carbocycles. The molecule has 1 heterocycles. The number of rotatable bonds is 5. The van der Waals surface area contributed by atoms with Gasteiger partial charge in [0.15, 0.2) is 5.82 Å². The zero-order valence-corrected chi connectivity index (χ0v) is 12.9. The highest BCUT2D eigenvalue weighted by molar-refractivity contribution is 6.35. The lowest BCUT2D eigenvalue weighted by Crippen LogP contribution is -2.13. The summed E-state index contributed by atoms with van der Waals surface area (Å²) in [6.45, 7) is 4.20. The van der Waals surface area contributed by atoms with Crippen LogP contribution in [0.3, 0.4) is 0 Å². The van der Waals surface area contributed by atoms with Crippen molar-refractivity contribution in [3.05, 3.63) is 45.5 Å². The molecule has 0 aliphatic rings. The Morgan fingerprint density at radius 3 is 2.70 bits per heavy atom. The summed E-state index contributed by atoms with van der Waals surface area (Å²) in [7, 11) is 0. The highest BCUT2D eigenvalue weighted by atomic mass is 35.5. The van der Waals surface area contributed by atoms with E-state index in [1.807, 2.05) is 6.07 Å². The minimum Gasteiger partial charge on any atom is -0.338 e. The fraction of sp³-hybridized carbons (Fsp3) is 0.429. The predicted molar refractivity (Wildman–Crippen MR) is 79.9 cm³/mol. The van der Waals surface area contributed by atoms with E-state index < -0.39 is 0 Å². The zero-order valence-electron chi connectivity index (χ0n) is 11.4. The molecule has 0 bridgehead atoms. The lowest BCUT2D eigenvalue weighted by molar-refractivity contribution is 0.333. The molecule has 0 saturated heterocycles. The molecule has 2 rings (SSSR count). The Labute approximate surface area is 128 Å². The third-order valence-corrected chi connectivity index (χ3v) is 3.48. The van der Waals surface area contributed by atoms with Crippen molar-refractivity contribution in [3.63, 3.8) is 0 Å². The smallest absolute Gasteiger partial charge is 0.243 e. The van der Waals surface area contributed by atoms with Crippen molar-refractivity contribution in [1.29, 1.82) is 0 Å². The van der Waals surface area contributed by atoms with Gasteiger partial charge in [-0.3, -0.25) is 0 Å². The summed E-state index contributed by atoms with van der Waals surface area (Å²) < 4.78 is 5.21. The van der Waals surface area contributed by atoms with Gasteiger partial charge in [-0.2, -0.15) is 4.98 Å². The number of nitrogens with zero attached hydrogens (tertiary/aromatic N) is 2. The Hall–Kier alpha value is -1.10. The van der Waals surface area contributed by atoms with Crippen LogP contribution in [0.4, 0.5) is 0 Å². The van der Waals surface area contributed by atoms with Crippen molar-refractivity contribution >= 4 is 23.2 Å². The van der Waals surface area contributed by atoms with Crippen molar-refractivity contribution in [3.8, 4) is 0 Å². The average molecular weight is 314 g/mol. The van der Waals surface area contributed by atoms with E-state index in [2.05, 4.69) is 24.0 Å². The first-order chi connectivity index (χ1) is 9.45. The molecule has 1 aromatic carbocycles. The molecule has 2 N–H and O–H groups in total. The molecule has 1 atom stereocenters. The van der Waals surface area contributed by atoms with Gasteiger partial charge in [-0.05, 0) is 30.0 Å².